The molecule has 0 bridgehead atoms. The Bertz CT molecular complexity index is 343. The zero-order valence-corrected chi connectivity index (χ0v) is 9.39. The zero-order valence-electron chi connectivity index (χ0n) is 8.63. The molecule has 0 fully saturated rings. The van der Waals surface area contributed by atoms with E-state index in [4.69, 9.17) is 23.1 Å². The number of anilines is 2. The van der Waals surface area contributed by atoms with Crippen molar-refractivity contribution >= 4 is 23.2 Å². The second-order valence-corrected chi connectivity index (χ2v) is 4.83. The maximum absolute atomic E-state index is 5.79. The molecule has 0 aliphatic carbocycles. The van der Waals surface area contributed by atoms with Crippen molar-refractivity contribution in [1.82, 2.24) is 9.97 Å². The maximum Gasteiger partial charge on any atom is 0.221 e. The highest BCUT2D eigenvalue weighted by atomic mass is 35.5. The molecule has 1 heterocycles. The minimum Gasteiger partial charge on any atom is -0.395 e. The Morgan fingerprint density at radius 1 is 1.21 bits per heavy atom. The number of hydrogen-bond donors (Lipinski definition) is 2. The van der Waals surface area contributed by atoms with Crippen LogP contribution in [0.1, 0.15) is 26.5 Å². The fourth-order valence-corrected chi connectivity index (χ4v) is 1.34. The Balaban J connectivity index is 3.09. The van der Waals surface area contributed by atoms with E-state index in [0.29, 0.717) is 5.69 Å². The summed E-state index contributed by atoms with van der Waals surface area (Å²) in [6, 6.07) is 0. The summed E-state index contributed by atoms with van der Waals surface area (Å²) in [6.07, 6.45) is 0.727. The molecule has 14 heavy (non-hydrogen) atoms. The third kappa shape index (κ3) is 2.73. The number of hydrogen-bond acceptors (Lipinski definition) is 4. The normalized spacial score (nSPS) is 11.7. The van der Waals surface area contributed by atoms with E-state index in [1.54, 1.807) is 0 Å². The van der Waals surface area contributed by atoms with E-state index in [0.717, 1.165) is 12.1 Å². The van der Waals surface area contributed by atoms with Crippen LogP contribution in [0.2, 0.25) is 5.15 Å². The van der Waals surface area contributed by atoms with Crippen molar-refractivity contribution in [1.29, 1.82) is 0 Å². The van der Waals surface area contributed by atoms with Crippen LogP contribution in [-0.4, -0.2) is 9.97 Å². The first-order chi connectivity index (χ1) is 6.29. The van der Waals surface area contributed by atoms with Crippen LogP contribution in [0.3, 0.4) is 0 Å². The summed E-state index contributed by atoms with van der Waals surface area (Å²) in [4.78, 5) is 7.85. The van der Waals surface area contributed by atoms with Crippen LogP contribution in [0.25, 0.3) is 0 Å². The van der Waals surface area contributed by atoms with Gasteiger partial charge in [0.1, 0.15) is 0 Å². The van der Waals surface area contributed by atoms with Crippen molar-refractivity contribution in [2.75, 3.05) is 11.5 Å². The number of halogens is 1. The van der Waals surface area contributed by atoms with Gasteiger partial charge in [-0.05, 0) is 11.8 Å². The van der Waals surface area contributed by atoms with E-state index in [1.165, 1.54) is 0 Å². The summed E-state index contributed by atoms with van der Waals surface area (Å²) in [5, 5.41) is 0.233. The highest BCUT2D eigenvalue weighted by Crippen LogP contribution is 2.26. The molecule has 1 aromatic rings. The van der Waals surface area contributed by atoms with Crippen LogP contribution in [0.15, 0.2) is 0 Å². The molecular weight excluding hydrogens is 200 g/mol. The maximum atomic E-state index is 5.79. The Morgan fingerprint density at radius 3 is 2.29 bits per heavy atom. The van der Waals surface area contributed by atoms with Gasteiger partial charge >= 0.3 is 0 Å². The van der Waals surface area contributed by atoms with Crippen molar-refractivity contribution in [3.8, 4) is 0 Å². The van der Waals surface area contributed by atoms with Crippen LogP contribution in [0.4, 0.5) is 11.6 Å². The molecule has 0 radical (unpaired) electrons. The van der Waals surface area contributed by atoms with E-state index < -0.39 is 0 Å². The summed E-state index contributed by atoms with van der Waals surface area (Å²) < 4.78 is 0. The number of nitrogens with two attached hydrogens (primary N) is 2. The molecule has 5 heteroatoms. The highest BCUT2D eigenvalue weighted by molar-refractivity contribution is 6.32. The first-order valence-corrected chi connectivity index (χ1v) is 4.75. The molecule has 0 amide bonds. The van der Waals surface area contributed by atoms with E-state index in [2.05, 4.69) is 30.7 Å². The van der Waals surface area contributed by atoms with Gasteiger partial charge < -0.3 is 11.5 Å². The van der Waals surface area contributed by atoms with Gasteiger partial charge in [-0.25, -0.2) is 4.98 Å². The number of rotatable bonds is 1. The minimum absolute atomic E-state index is 0.0955. The fraction of sp³-hybridized carbons (Fsp3) is 0.556. The van der Waals surface area contributed by atoms with E-state index >= 15 is 0 Å². The number of aromatic nitrogens is 2. The van der Waals surface area contributed by atoms with E-state index in [1.807, 2.05) is 0 Å². The topological polar surface area (TPSA) is 77.8 Å². The van der Waals surface area contributed by atoms with Gasteiger partial charge in [0.25, 0.3) is 0 Å². The zero-order chi connectivity index (χ0) is 10.9. The molecule has 1 aromatic heterocycles. The van der Waals surface area contributed by atoms with E-state index in [-0.39, 0.29) is 16.5 Å². The average Bonchev–Trinajstić information content (AvgIpc) is 1.96. The lowest BCUT2D eigenvalue weighted by Crippen LogP contribution is -2.14. The van der Waals surface area contributed by atoms with Crippen molar-refractivity contribution in [2.24, 2.45) is 5.41 Å². The predicted molar refractivity (Wildman–Crippen MR) is 59.0 cm³/mol. The van der Waals surface area contributed by atoms with Crippen LogP contribution in [-0.2, 0) is 6.42 Å². The Hall–Kier alpha value is -1.03. The first kappa shape index (κ1) is 11.0. The molecule has 78 valence electrons. The highest BCUT2D eigenvalue weighted by Gasteiger charge is 2.17. The smallest absolute Gasteiger partial charge is 0.221 e. The summed E-state index contributed by atoms with van der Waals surface area (Å²) in [6.45, 7) is 6.29. The summed E-state index contributed by atoms with van der Waals surface area (Å²) in [5.41, 5.74) is 12.5. The van der Waals surface area contributed by atoms with Crippen molar-refractivity contribution in [3.05, 3.63) is 10.8 Å². The first-order valence-electron chi connectivity index (χ1n) is 4.37. The summed E-state index contributed by atoms with van der Waals surface area (Å²) in [5.74, 6) is 0.170. The third-order valence-electron chi connectivity index (χ3n) is 1.69. The largest absolute Gasteiger partial charge is 0.395 e. The van der Waals surface area contributed by atoms with Gasteiger partial charge in [-0.15, -0.1) is 0 Å². The van der Waals surface area contributed by atoms with Gasteiger partial charge in [0.2, 0.25) is 5.95 Å². The van der Waals surface area contributed by atoms with Crippen molar-refractivity contribution < 1.29 is 0 Å². The lowest BCUT2D eigenvalue weighted by molar-refractivity contribution is 0.407. The Labute approximate surface area is 88.7 Å². The van der Waals surface area contributed by atoms with Gasteiger partial charge in [-0.1, -0.05) is 32.4 Å². The van der Waals surface area contributed by atoms with Crippen LogP contribution >= 0.6 is 11.6 Å². The van der Waals surface area contributed by atoms with Crippen LogP contribution < -0.4 is 11.5 Å². The molecule has 0 aliphatic heterocycles. The molecule has 0 spiro atoms. The Kier molecular flexibility index (Phi) is 2.85. The fourth-order valence-electron chi connectivity index (χ4n) is 1.14. The molecule has 1 rings (SSSR count). The number of nitrogen functional groups attached to an aromatic ring is 2. The minimum atomic E-state index is 0.0955. The molecule has 0 saturated carbocycles. The van der Waals surface area contributed by atoms with E-state index in [9.17, 15) is 0 Å². The van der Waals surface area contributed by atoms with Gasteiger partial charge in [0, 0.05) is 0 Å². The van der Waals surface area contributed by atoms with Crippen LogP contribution in [0.5, 0.6) is 0 Å². The van der Waals surface area contributed by atoms with Gasteiger partial charge in [0.15, 0.2) is 5.15 Å². The summed E-state index contributed by atoms with van der Waals surface area (Å²) in [7, 11) is 0. The third-order valence-corrected chi connectivity index (χ3v) is 1.98. The molecule has 0 unspecified atom stereocenters. The monoisotopic (exact) mass is 214 g/mol. The standard InChI is InChI=1S/C9H15ClN4/c1-9(2,3)4-5-6(11)7(10)14-8(12)13-5/h4,11H2,1-3H3,(H2,12,13,14). The van der Waals surface area contributed by atoms with Gasteiger partial charge in [0.05, 0.1) is 11.4 Å². The molecule has 4 N–H and O–H groups in total. The lowest BCUT2D eigenvalue weighted by atomic mass is 9.90. The summed E-state index contributed by atoms with van der Waals surface area (Å²) >= 11 is 5.79. The average molecular weight is 215 g/mol. The van der Waals surface area contributed by atoms with Gasteiger partial charge in [-0.2, -0.15) is 4.98 Å². The SMILES string of the molecule is CC(C)(C)Cc1nc(N)nc(Cl)c1N. The molecule has 4 nitrogen and oxygen atoms in total. The molecule has 0 saturated heterocycles. The number of nitrogens with zero attached hydrogens (tertiary/aromatic N) is 2. The van der Waals surface area contributed by atoms with Crippen molar-refractivity contribution in [2.45, 2.75) is 27.2 Å². The van der Waals surface area contributed by atoms with Gasteiger partial charge in [-0.3, -0.25) is 0 Å². The van der Waals surface area contributed by atoms with Crippen LogP contribution in [0, 0.1) is 5.41 Å². The predicted octanol–water partition coefficient (Wildman–Crippen LogP) is 1.88. The van der Waals surface area contributed by atoms with Crippen molar-refractivity contribution in [3.63, 3.8) is 0 Å². The quantitative estimate of drug-likeness (QED) is 0.700. The molecule has 0 atom stereocenters. The second-order valence-electron chi connectivity index (χ2n) is 4.47. The molecular formula is C9H15ClN4. The molecule has 0 aliphatic rings. The second kappa shape index (κ2) is 3.61. The lowest BCUT2D eigenvalue weighted by Gasteiger charge is -2.18. The molecule has 0 aromatic carbocycles. The Morgan fingerprint density at radius 2 is 1.79 bits per heavy atom.